The molecule has 0 aliphatic carbocycles. The van der Waals surface area contributed by atoms with Crippen LogP contribution in [0, 0.1) is 5.82 Å². The van der Waals surface area contributed by atoms with Gasteiger partial charge in [-0.15, -0.1) is 0 Å². The highest BCUT2D eigenvalue weighted by molar-refractivity contribution is 5.73. The number of alkyl halides is 6. The van der Waals surface area contributed by atoms with Crippen molar-refractivity contribution < 1.29 is 55.3 Å². The summed E-state index contributed by atoms with van der Waals surface area (Å²) < 4.78 is 83.6. The fourth-order valence-electron chi connectivity index (χ4n) is 2.72. The molecule has 0 amide bonds. The molecule has 2 N–H and O–H groups in total. The Morgan fingerprint density at radius 2 is 1.53 bits per heavy atom. The molecule has 1 atom stereocenters. The Balaban J connectivity index is 0.000000343. The lowest BCUT2D eigenvalue weighted by molar-refractivity contribution is -0.193. The third-order valence-electron chi connectivity index (χ3n) is 4.00. The number of aromatic nitrogens is 4. The van der Waals surface area contributed by atoms with E-state index >= 15 is 0 Å². The fraction of sp³-hybridized carbons (Fsp3) is 0.471. The predicted molar refractivity (Wildman–Crippen MR) is 98.2 cm³/mol. The number of carbonyl (C=O) groups is 2. The Bertz CT molecular complexity index is 939. The Hall–Kier alpha value is -3.50. The molecular formula is C17H18F7N5O5. The van der Waals surface area contributed by atoms with E-state index < -0.39 is 30.1 Å². The van der Waals surface area contributed by atoms with Crippen molar-refractivity contribution in [3.8, 4) is 0 Å². The maximum Gasteiger partial charge on any atom is 0.490 e. The van der Waals surface area contributed by atoms with Crippen LogP contribution in [0.4, 0.5) is 36.7 Å². The van der Waals surface area contributed by atoms with Crippen LogP contribution in [0.25, 0.3) is 0 Å². The predicted octanol–water partition coefficient (Wildman–Crippen LogP) is 2.37. The van der Waals surface area contributed by atoms with Crippen molar-refractivity contribution in [2.24, 2.45) is 7.05 Å². The number of carboxylic acids is 2. The number of hydrogen-bond donors (Lipinski definition) is 2. The Morgan fingerprint density at radius 3 is 1.94 bits per heavy atom. The lowest BCUT2D eigenvalue weighted by atomic mass is 9.97. The second kappa shape index (κ2) is 11.6. The molecule has 17 heteroatoms. The van der Waals surface area contributed by atoms with Gasteiger partial charge in [0.15, 0.2) is 5.82 Å². The van der Waals surface area contributed by atoms with Gasteiger partial charge in [-0.25, -0.2) is 23.9 Å². The number of aliphatic carboxylic acids is 2. The molecule has 0 aromatic carbocycles. The zero-order valence-corrected chi connectivity index (χ0v) is 17.4. The summed E-state index contributed by atoms with van der Waals surface area (Å²) in [6, 6.07) is 0. The standard InChI is InChI=1S/C13H16FN5O.2C2HF3O2/c1-18-12-9(3-17-18)6-19(7-10(12)8-20-2)13-15-4-11(14)5-16-13;2*3-2(4,5)1(6)7/h3-5,10H,6-8H2,1-2H3;2*(H,6,7). The number of anilines is 1. The first kappa shape index (κ1) is 28.5. The highest BCUT2D eigenvalue weighted by Crippen LogP contribution is 2.29. The summed E-state index contributed by atoms with van der Waals surface area (Å²) in [5, 5.41) is 18.6. The molecule has 0 spiro atoms. The Morgan fingerprint density at radius 1 is 1.06 bits per heavy atom. The van der Waals surface area contributed by atoms with E-state index in [-0.39, 0.29) is 5.92 Å². The van der Waals surface area contributed by atoms with Crippen molar-refractivity contribution in [1.29, 1.82) is 0 Å². The molecule has 0 radical (unpaired) electrons. The third-order valence-corrected chi connectivity index (χ3v) is 4.00. The minimum atomic E-state index is -5.08. The SMILES string of the molecule is COCC1CN(c2ncc(F)cn2)Cc2cnn(C)c21.O=C(O)C(F)(F)F.O=C(O)C(F)(F)F. The highest BCUT2D eigenvalue weighted by atomic mass is 19.4. The van der Waals surface area contributed by atoms with Crippen LogP contribution in [0.3, 0.4) is 0 Å². The molecule has 1 aliphatic rings. The average molecular weight is 505 g/mol. The number of rotatable bonds is 3. The Kier molecular flexibility index (Phi) is 9.71. The molecule has 34 heavy (non-hydrogen) atoms. The number of halogens is 7. The summed E-state index contributed by atoms with van der Waals surface area (Å²) in [6.07, 6.45) is -5.94. The number of fused-ring (bicyclic) bond motifs is 1. The van der Waals surface area contributed by atoms with Gasteiger partial charge in [-0.2, -0.15) is 31.4 Å². The van der Waals surface area contributed by atoms with Crippen LogP contribution in [-0.4, -0.2) is 74.5 Å². The Labute approximate surface area is 186 Å². The van der Waals surface area contributed by atoms with Crippen LogP contribution in [0.5, 0.6) is 0 Å². The van der Waals surface area contributed by atoms with E-state index in [0.717, 1.165) is 12.1 Å². The summed E-state index contributed by atoms with van der Waals surface area (Å²) in [5.41, 5.74) is 2.32. The molecule has 0 saturated carbocycles. The van der Waals surface area contributed by atoms with Crippen molar-refractivity contribution in [3.63, 3.8) is 0 Å². The number of methoxy groups -OCH3 is 1. The molecule has 10 nitrogen and oxygen atoms in total. The summed E-state index contributed by atoms with van der Waals surface area (Å²) in [4.78, 5) is 27.9. The van der Waals surface area contributed by atoms with Crippen LogP contribution in [0.1, 0.15) is 17.2 Å². The van der Waals surface area contributed by atoms with E-state index in [2.05, 4.69) is 15.1 Å². The van der Waals surface area contributed by atoms with Crippen molar-refractivity contribution >= 4 is 17.9 Å². The van der Waals surface area contributed by atoms with Crippen LogP contribution >= 0.6 is 0 Å². The van der Waals surface area contributed by atoms with Gasteiger partial charge in [0.2, 0.25) is 5.95 Å². The largest absolute Gasteiger partial charge is 0.490 e. The molecule has 190 valence electrons. The van der Waals surface area contributed by atoms with E-state index in [0.29, 0.717) is 19.1 Å². The summed E-state index contributed by atoms with van der Waals surface area (Å²) >= 11 is 0. The number of nitrogens with zero attached hydrogens (tertiary/aromatic N) is 5. The topological polar surface area (TPSA) is 131 Å². The molecule has 0 saturated heterocycles. The van der Waals surface area contributed by atoms with Crippen molar-refractivity contribution in [1.82, 2.24) is 19.7 Å². The zero-order chi connectivity index (χ0) is 26.3. The van der Waals surface area contributed by atoms with Gasteiger partial charge < -0.3 is 19.8 Å². The molecule has 1 unspecified atom stereocenters. The van der Waals surface area contributed by atoms with Crippen LogP contribution in [0.2, 0.25) is 0 Å². The van der Waals surface area contributed by atoms with Crippen molar-refractivity contribution in [2.75, 3.05) is 25.2 Å². The summed E-state index contributed by atoms with van der Waals surface area (Å²) in [6.45, 7) is 2.01. The van der Waals surface area contributed by atoms with Crippen LogP contribution < -0.4 is 4.90 Å². The van der Waals surface area contributed by atoms with Gasteiger partial charge in [0.1, 0.15) is 0 Å². The zero-order valence-electron chi connectivity index (χ0n) is 17.4. The second-order valence-corrected chi connectivity index (χ2v) is 6.52. The maximum atomic E-state index is 12.9. The lowest BCUT2D eigenvalue weighted by Gasteiger charge is -2.32. The average Bonchev–Trinajstić information content (AvgIpc) is 3.09. The van der Waals surface area contributed by atoms with Crippen molar-refractivity contribution in [2.45, 2.75) is 24.8 Å². The number of carboxylic acid groups (broad SMARTS) is 2. The molecule has 2 aromatic rings. The van der Waals surface area contributed by atoms with Gasteiger partial charge in [-0.1, -0.05) is 0 Å². The molecule has 2 aromatic heterocycles. The molecular weight excluding hydrogens is 487 g/mol. The van der Waals surface area contributed by atoms with Gasteiger partial charge >= 0.3 is 24.3 Å². The van der Waals surface area contributed by atoms with Crippen LogP contribution in [0.15, 0.2) is 18.6 Å². The van der Waals surface area contributed by atoms with Crippen LogP contribution in [-0.2, 0) is 27.9 Å². The van der Waals surface area contributed by atoms with E-state index in [1.165, 1.54) is 18.1 Å². The smallest absolute Gasteiger partial charge is 0.475 e. The minimum absolute atomic E-state index is 0.199. The van der Waals surface area contributed by atoms with Gasteiger partial charge in [-0.05, 0) is 0 Å². The number of hydrogen-bond acceptors (Lipinski definition) is 7. The van der Waals surface area contributed by atoms with E-state index in [1.54, 1.807) is 7.11 Å². The fourth-order valence-corrected chi connectivity index (χ4v) is 2.72. The molecule has 3 heterocycles. The van der Waals surface area contributed by atoms with Gasteiger partial charge in [0.05, 0.1) is 30.9 Å². The van der Waals surface area contributed by atoms with Gasteiger partial charge in [0, 0.05) is 38.7 Å². The normalized spacial score (nSPS) is 15.3. The molecule has 3 rings (SSSR count). The molecule has 0 fully saturated rings. The quantitative estimate of drug-likeness (QED) is 0.604. The monoisotopic (exact) mass is 505 g/mol. The highest BCUT2D eigenvalue weighted by Gasteiger charge is 2.39. The summed E-state index contributed by atoms with van der Waals surface area (Å²) in [5.74, 6) is -5.21. The van der Waals surface area contributed by atoms with Gasteiger partial charge in [0.25, 0.3) is 0 Å². The second-order valence-electron chi connectivity index (χ2n) is 6.52. The van der Waals surface area contributed by atoms with E-state index in [9.17, 15) is 30.7 Å². The van der Waals surface area contributed by atoms with Crippen molar-refractivity contribution in [3.05, 3.63) is 35.7 Å². The first-order valence-electron chi connectivity index (χ1n) is 8.90. The molecule has 0 bridgehead atoms. The third kappa shape index (κ3) is 8.45. The first-order valence-corrected chi connectivity index (χ1v) is 8.90. The molecule has 1 aliphatic heterocycles. The van der Waals surface area contributed by atoms with E-state index in [1.807, 2.05) is 22.8 Å². The van der Waals surface area contributed by atoms with E-state index in [4.69, 9.17) is 24.5 Å². The minimum Gasteiger partial charge on any atom is -0.475 e. The number of aryl methyl sites for hydroxylation is 1. The maximum absolute atomic E-state index is 12.9. The van der Waals surface area contributed by atoms with Gasteiger partial charge in [-0.3, -0.25) is 4.68 Å². The summed E-state index contributed by atoms with van der Waals surface area (Å²) in [7, 11) is 3.62. The lowest BCUT2D eigenvalue weighted by Crippen LogP contribution is -2.37. The first-order chi connectivity index (χ1) is 15.6. The number of ether oxygens (including phenoxy) is 1.